The standard InChI is InChI=1S/C15H20FN3O6S/c1-8(2)12(13(20)18-15(17)22)25-14(21)9(3)19-26(23,24)11-6-4-10(16)5-7-11/h4-9,12,19H,1-3H3,(H3,17,18,20,22)/t9-,12-/m0/s1. The number of urea groups is 1. The fourth-order valence-corrected chi connectivity index (χ4v) is 3.07. The summed E-state index contributed by atoms with van der Waals surface area (Å²) < 4.78 is 44.3. The molecule has 3 amide bonds. The van der Waals surface area contributed by atoms with Crippen molar-refractivity contribution in [1.29, 1.82) is 0 Å². The van der Waals surface area contributed by atoms with Crippen molar-refractivity contribution < 1.29 is 31.9 Å². The summed E-state index contributed by atoms with van der Waals surface area (Å²) in [7, 11) is -4.11. The predicted molar refractivity (Wildman–Crippen MR) is 88.6 cm³/mol. The van der Waals surface area contributed by atoms with Crippen LogP contribution < -0.4 is 15.8 Å². The molecule has 0 spiro atoms. The van der Waals surface area contributed by atoms with Crippen LogP contribution in [0, 0.1) is 11.7 Å². The van der Waals surface area contributed by atoms with Crippen molar-refractivity contribution in [2.75, 3.05) is 0 Å². The Balaban J connectivity index is 2.83. The van der Waals surface area contributed by atoms with Gasteiger partial charge in [0.15, 0.2) is 6.10 Å². The van der Waals surface area contributed by atoms with Gasteiger partial charge in [-0.1, -0.05) is 13.8 Å². The Morgan fingerprint density at radius 2 is 1.65 bits per heavy atom. The minimum Gasteiger partial charge on any atom is -0.451 e. The summed E-state index contributed by atoms with van der Waals surface area (Å²) in [5.74, 6) is -3.07. The van der Waals surface area contributed by atoms with Gasteiger partial charge in [-0.25, -0.2) is 17.6 Å². The molecule has 11 heteroatoms. The molecule has 1 aromatic carbocycles. The van der Waals surface area contributed by atoms with E-state index in [9.17, 15) is 27.2 Å². The number of imide groups is 1. The Hall–Kier alpha value is -2.53. The molecule has 1 aromatic rings. The molecule has 4 N–H and O–H groups in total. The molecule has 0 saturated heterocycles. The molecule has 0 saturated carbocycles. The predicted octanol–water partition coefficient (Wildman–Crippen LogP) is 0.255. The molecular formula is C15H20FN3O6S. The zero-order valence-corrected chi connectivity index (χ0v) is 15.2. The second kappa shape index (κ2) is 8.72. The lowest BCUT2D eigenvalue weighted by Crippen LogP contribution is -2.48. The molecule has 0 bridgehead atoms. The first-order valence-corrected chi connectivity index (χ1v) is 9.01. The Kier molecular flexibility index (Phi) is 7.21. The van der Waals surface area contributed by atoms with Crippen molar-refractivity contribution in [2.24, 2.45) is 11.7 Å². The van der Waals surface area contributed by atoms with Crippen LogP contribution in [0.25, 0.3) is 0 Å². The van der Waals surface area contributed by atoms with Crippen molar-refractivity contribution in [3.63, 3.8) is 0 Å². The largest absolute Gasteiger partial charge is 0.451 e. The zero-order valence-electron chi connectivity index (χ0n) is 14.4. The topological polar surface area (TPSA) is 145 Å². The highest BCUT2D eigenvalue weighted by atomic mass is 32.2. The minimum atomic E-state index is -4.11. The van der Waals surface area contributed by atoms with Gasteiger partial charge in [0.1, 0.15) is 11.9 Å². The van der Waals surface area contributed by atoms with Gasteiger partial charge >= 0.3 is 12.0 Å². The van der Waals surface area contributed by atoms with Crippen molar-refractivity contribution in [3.05, 3.63) is 30.1 Å². The van der Waals surface area contributed by atoms with Crippen LogP contribution in [0.4, 0.5) is 9.18 Å². The van der Waals surface area contributed by atoms with E-state index in [1.807, 2.05) is 0 Å². The molecule has 26 heavy (non-hydrogen) atoms. The third-order valence-electron chi connectivity index (χ3n) is 3.16. The van der Waals surface area contributed by atoms with E-state index >= 15 is 0 Å². The molecule has 2 atom stereocenters. The van der Waals surface area contributed by atoms with E-state index in [0.29, 0.717) is 0 Å². The number of sulfonamides is 1. The van der Waals surface area contributed by atoms with Gasteiger partial charge in [0.25, 0.3) is 5.91 Å². The molecule has 0 aliphatic heterocycles. The third-order valence-corrected chi connectivity index (χ3v) is 4.72. The summed E-state index contributed by atoms with van der Waals surface area (Å²) in [5, 5.41) is 1.80. The highest BCUT2D eigenvalue weighted by Crippen LogP contribution is 2.12. The van der Waals surface area contributed by atoms with Crippen molar-refractivity contribution in [3.8, 4) is 0 Å². The molecule has 0 aliphatic rings. The van der Waals surface area contributed by atoms with Gasteiger partial charge in [-0.3, -0.25) is 14.9 Å². The molecule has 0 heterocycles. The van der Waals surface area contributed by atoms with E-state index < -0.39 is 51.8 Å². The first kappa shape index (κ1) is 21.5. The number of primary amides is 1. The molecule has 9 nitrogen and oxygen atoms in total. The third kappa shape index (κ3) is 6.08. The normalized spacial score (nSPS) is 13.7. The van der Waals surface area contributed by atoms with E-state index in [4.69, 9.17) is 10.5 Å². The Morgan fingerprint density at radius 3 is 2.12 bits per heavy atom. The van der Waals surface area contributed by atoms with Gasteiger partial charge < -0.3 is 10.5 Å². The fraction of sp³-hybridized carbons (Fsp3) is 0.400. The number of amides is 3. The number of hydrogen-bond acceptors (Lipinski definition) is 6. The van der Waals surface area contributed by atoms with Gasteiger partial charge in [0, 0.05) is 0 Å². The number of ether oxygens (including phenoxy) is 1. The fourth-order valence-electron chi connectivity index (χ4n) is 1.87. The SMILES string of the molecule is CC(C)[C@H](OC(=O)[C@H](C)NS(=O)(=O)c1ccc(F)cc1)C(=O)NC(N)=O. The quantitative estimate of drug-likeness (QED) is 0.570. The number of carbonyl (C=O) groups excluding carboxylic acids is 3. The number of rotatable bonds is 7. The summed E-state index contributed by atoms with van der Waals surface area (Å²) in [6.07, 6.45) is -1.34. The van der Waals surface area contributed by atoms with Crippen LogP contribution in [0.3, 0.4) is 0 Å². The Labute approximate surface area is 150 Å². The van der Waals surface area contributed by atoms with Crippen molar-refractivity contribution >= 4 is 27.9 Å². The van der Waals surface area contributed by atoms with Crippen molar-refractivity contribution in [2.45, 2.75) is 37.8 Å². The lowest BCUT2D eigenvalue weighted by Gasteiger charge is -2.22. The van der Waals surface area contributed by atoms with E-state index in [1.54, 1.807) is 19.2 Å². The van der Waals surface area contributed by atoms with Crippen LogP contribution in [0.2, 0.25) is 0 Å². The first-order chi connectivity index (χ1) is 11.9. The van der Waals surface area contributed by atoms with E-state index in [-0.39, 0.29) is 4.90 Å². The summed E-state index contributed by atoms with van der Waals surface area (Å²) in [6, 6.07) is 1.54. The average molecular weight is 389 g/mol. The van der Waals surface area contributed by atoms with Crippen LogP contribution in [0.5, 0.6) is 0 Å². The maximum absolute atomic E-state index is 12.9. The zero-order chi connectivity index (χ0) is 20.1. The van der Waals surface area contributed by atoms with Crippen LogP contribution in [0.15, 0.2) is 29.2 Å². The van der Waals surface area contributed by atoms with Gasteiger partial charge in [0.05, 0.1) is 4.90 Å². The summed E-state index contributed by atoms with van der Waals surface area (Å²) in [5.41, 5.74) is 4.85. The van der Waals surface area contributed by atoms with Crippen LogP contribution >= 0.6 is 0 Å². The smallest absolute Gasteiger partial charge is 0.324 e. The van der Waals surface area contributed by atoms with Crippen molar-refractivity contribution in [1.82, 2.24) is 10.0 Å². The lowest BCUT2D eigenvalue weighted by atomic mass is 10.1. The lowest BCUT2D eigenvalue weighted by molar-refractivity contribution is -0.159. The highest BCUT2D eigenvalue weighted by Gasteiger charge is 2.31. The maximum atomic E-state index is 12.9. The second-order valence-corrected chi connectivity index (χ2v) is 7.47. The molecule has 1 rings (SSSR count). The Bertz CT molecular complexity index is 779. The van der Waals surface area contributed by atoms with E-state index in [2.05, 4.69) is 4.72 Å². The molecule has 0 aliphatic carbocycles. The van der Waals surface area contributed by atoms with Gasteiger partial charge in [-0.05, 0) is 37.1 Å². The number of nitrogens with one attached hydrogen (secondary N) is 2. The molecule has 0 fully saturated rings. The molecule has 0 radical (unpaired) electrons. The minimum absolute atomic E-state index is 0.245. The number of hydrogen-bond donors (Lipinski definition) is 3. The Morgan fingerprint density at radius 1 is 1.12 bits per heavy atom. The second-order valence-electron chi connectivity index (χ2n) is 5.75. The maximum Gasteiger partial charge on any atom is 0.324 e. The highest BCUT2D eigenvalue weighted by molar-refractivity contribution is 7.89. The average Bonchev–Trinajstić information content (AvgIpc) is 2.51. The monoisotopic (exact) mass is 389 g/mol. The van der Waals surface area contributed by atoms with Gasteiger partial charge in [0.2, 0.25) is 10.0 Å². The summed E-state index contributed by atoms with van der Waals surface area (Å²) >= 11 is 0. The summed E-state index contributed by atoms with van der Waals surface area (Å²) in [4.78, 5) is 34.4. The molecule has 0 aromatic heterocycles. The van der Waals surface area contributed by atoms with Crippen LogP contribution in [-0.2, 0) is 24.3 Å². The van der Waals surface area contributed by atoms with Gasteiger partial charge in [-0.15, -0.1) is 0 Å². The number of benzene rings is 1. The molecular weight excluding hydrogens is 369 g/mol. The van der Waals surface area contributed by atoms with E-state index in [0.717, 1.165) is 24.3 Å². The number of halogens is 1. The molecule has 144 valence electrons. The number of nitrogens with two attached hydrogens (primary N) is 1. The first-order valence-electron chi connectivity index (χ1n) is 7.52. The van der Waals surface area contributed by atoms with Gasteiger partial charge in [-0.2, -0.15) is 4.72 Å². The van der Waals surface area contributed by atoms with Crippen LogP contribution in [-0.4, -0.2) is 38.5 Å². The number of carbonyl (C=O) groups is 3. The van der Waals surface area contributed by atoms with Crippen LogP contribution in [0.1, 0.15) is 20.8 Å². The number of esters is 1. The molecule has 0 unspecified atom stereocenters. The van der Waals surface area contributed by atoms with E-state index in [1.165, 1.54) is 6.92 Å². The summed E-state index contributed by atoms with van der Waals surface area (Å²) in [6.45, 7) is 4.34.